The predicted octanol–water partition coefficient (Wildman–Crippen LogP) is 2.08. The van der Waals surface area contributed by atoms with E-state index in [1.165, 1.54) is 0 Å². The first kappa shape index (κ1) is 11.7. The summed E-state index contributed by atoms with van der Waals surface area (Å²) >= 11 is 18.0. The lowest BCUT2D eigenvalue weighted by Gasteiger charge is -2.08. The van der Waals surface area contributed by atoms with Gasteiger partial charge >= 0.3 is 0 Å². The Morgan fingerprint density at radius 2 is 2.09 bits per heavy atom. The third kappa shape index (κ3) is 5.91. The Balaban J connectivity index is 3.81. The van der Waals surface area contributed by atoms with Crippen LogP contribution in [-0.4, -0.2) is 28.2 Å². The van der Waals surface area contributed by atoms with Crippen LogP contribution in [0.1, 0.15) is 0 Å². The van der Waals surface area contributed by atoms with Gasteiger partial charge < -0.3 is 5.73 Å². The summed E-state index contributed by atoms with van der Waals surface area (Å²) in [7, 11) is 0. The fourth-order valence-electron chi connectivity index (χ4n) is 0.347. The molecule has 0 aromatic heterocycles. The lowest BCUT2D eigenvalue weighted by molar-refractivity contribution is 1.12. The van der Waals surface area contributed by atoms with Crippen LogP contribution in [0, 0.1) is 0 Å². The van der Waals surface area contributed by atoms with E-state index in [1.54, 1.807) is 11.8 Å². The molecule has 0 fully saturated rings. The Morgan fingerprint density at radius 1 is 1.55 bits per heavy atom. The van der Waals surface area contributed by atoms with Gasteiger partial charge in [0.1, 0.15) is 5.84 Å². The van der Waals surface area contributed by atoms with E-state index in [0.29, 0.717) is 6.54 Å². The fourth-order valence-corrected chi connectivity index (χ4v) is 0.800. The number of amidine groups is 1. The molecule has 0 aromatic carbocycles. The molecule has 0 amide bonds. The molecule has 0 saturated heterocycles. The van der Waals surface area contributed by atoms with Gasteiger partial charge in [-0.3, -0.25) is 4.99 Å². The first-order valence-electron chi connectivity index (χ1n) is 2.84. The quantitative estimate of drug-likeness (QED) is 0.352. The van der Waals surface area contributed by atoms with Gasteiger partial charge in [0, 0.05) is 5.75 Å². The van der Waals surface area contributed by atoms with Crippen molar-refractivity contribution in [1.29, 1.82) is 0 Å². The number of alkyl halides is 3. The number of nitrogens with two attached hydrogens (primary N) is 1. The number of hydrogen-bond acceptors (Lipinski definition) is 2. The summed E-state index contributed by atoms with van der Waals surface area (Å²) in [6.07, 6.45) is 1.97. The zero-order valence-corrected chi connectivity index (χ0v) is 9.07. The Hall–Kier alpha value is 0.690. The zero-order chi connectivity index (χ0) is 8.91. The minimum atomic E-state index is -1.56. The summed E-state index contributed by atoms with van der Waals surface area (Å²) in [4.78, 5) is 3.86. The zero-order valence-electron chi connectivity index (χ0n) is 5.98. The number of aliphatic imine (C=N–C) groups is 1. The summed E-state index contributed by atoms with van der Waals surface area (Å²) in [6, 6.07) is 0. The highest BCUT2D eigenvalue weighted by Crippen LogP contribution is 2.25. The topological polar surface area (TPSA) is 38.4 Å². The molecule has 66 valence electrons. The van der Waals surface area contributed by atoms with E-state index < -0.39 is 3.79 Å². The van der Waals surface area contributed by atoms with Crippen LogP contribution in [0.3, 0.4) is 0 Å². The second kappa shape index (κ2) is 5.36. The van der Waals surface area contributed by atoms with E-state index in [2.05, 4.69) is 4.99 Å². The van der Waals surface area contributed by atoms with Crippen LogP contribution in [-0.2, 0) is 0 Å². The number of hydrogen-bond donors (Lipinski definition) is 1. The molecule has 0 saturated carbocycles. The van der Waals surface area contributed by atoms with Gasteiger partial charge in [-0.15, -0.1) is 0 Å². The number of thioether (sulfide) groups is 1. The maximum atomic E-state index is 5.43. The molecule has 0 atom stereocenters. The Morgan fingerprint density at radius 3 is 2.45 bits per heavy atom. The van der Waals surface area contributed by atoms with Crippen molar-refractivity contribution in [2.24, 2.45) is 10.7 Å². The van der Waals surface area contributed by atoms with Gasteiger partial charge in [-0.2, -0.15) is 11.8 Å². The van der Waals surface area contributed by atoms with E-state index in [-0.39, 0.29) is 5.84 Å². The highest BCUT2D eigenvalue weighted by molar-refractivity contribution is 7.98. The Labute approximate surface area is 85.5 Å². The third-order valence-corrected chi connectivity index (χ3v) is 2.04. The standard InChI is InChI=1S/C5H9Cl3N2S/c1-11-3-2-10-4(9)5(6,7)8/h2-3H2,1H3,(H2,9,10). The van der Waals surface area contributed by atoms with Crippen LogP contribution >= 0.6 is 46.6 Å². The Kier molecular flexibility index (Phi) is 5.69. The van der Waals surface area contributed by atoms with Crippen molar-refractivity contribution in [2.75, 3.05) is 18.6 Å². The summed E-state index contributed by atoms with van der Waals surface area (Å²) < 4.78 is -1.56. The highest BCUT2D eigenvalue weighted by atomic mass is 35.6. The Bertz CT molecular complexity index is 143. The first-order valence-corrected chi connectivity index (χ1v) is 5.37. The van der Waals surface area contributed by atoms with Crippen molar-refractivity contribution in [3.8, 4) is 0 Å². The van der Waals surface area contributed by atoms with Gasteiger partial charge in [-0.25, -0.2) is 0 Å². The molecule has 0 rings (SSSR count). The molecule has 11 heavy (non-hydrogen) atoms. The number of rotatable bonds is 3. The maximum absolute atomic E-state index is 5.43. The van der Waals surface area contributed by atoms with Crippen LogP contribution in [0.15, 0.2) is 4.99 Å². The number of halogens is 3. The van der Waals surface area contributed by atoms with Crippen molar-refractivity contribution < 1.29 is 0 Å². The van der Waals surface area contributed by atoms with Crippen LogP contribution < -0.4 is 5.73 Å². The van der Waals surface area contributed by atoms with Crippen LogP contribution in [0.4, 0.5) is 0 Å². The summed E-state index contributed by atoms with van der Waals surface area (Å²) in [6.45, 7) is 0.584. The maximum Gasteiger partial charge on any atom is 0.247 e. The van der Waals surface area contributed by atoms with Crippen molar-refractivity contribution in [3.05, 3.63) is 0 Å². The molecule has 0 spiro atoms. The largest absolute Gasteiger partial charge is 0.384 e. The second-order valence-corrected chi connectivity index (χ2v) is 5.02. The molecule has 0 unspecified atom stereocenters. The SMILES string of the molecule is CSCCN=C(N)C(Cl)(Cl)Cl. The summed E-state index contributed by atoms with van der Waals surface area (Å²) in [5, 5.41) is 0. The van der Waals surface area contributed by atoms with E-state index in [0.717, 1.165) is 5.75 Å². The predicted molar refractivity (Wildman–Crippen MR) is 55.2 cm³/mol. The van der Waals surface area contributed by atoms with E-state index in [9.17, 15) is 0 Å². The smallest absolute Gasteiger partial charge is 0.247 e. The molecule has 0 heterocycles. The van der Waals surface area contributed by atoms with E-state index in [1.807, 2.05) is 6.26 Å². The molecule has 0 radical (unpaired) electrons. The number of nitrogens with zero attached hydrogens (tertiary/aromatic N) is 1. The first-order chi connectivity index (χ1) is 4.98. The van der Waals surface area contributed by atoms with Crippen molar-refractivity contribution in [2.45, 2.75) is 3.79 Å². The molecule has 0 aliphatic heterocycles. The van der Waals surface area contributed by atoms with Crippen molar-refractivity contribution >= 4 is 52.4 Å². The van der Waals surface area contributed by atoms with E-state index in [4.69, 9.17) is 40.5 Å². The normalized spacial score (nSPS) is 13.6. The minimum Gasteiger partial charge on any atom is -0.384 e. The minimum absolute atomic E-state index is 0.0524. The fraction of sp³-hybridized carbons (Fsp3) is 0.800. The van der Waals surface area contributed by atoms with Gasteiger partial charge in [0.15, 0.2) is 0 Å². The van der Waals surface area contributed by atoms with E-state index >= 15 is 0 Å². The summed E-state index contributed by atoms with van der Waals surface area (Å²) in [5.74, 6) is 0.929. The molecule has 0 aromatic rings. The van der Waals surface area contributed by atoms with Crippen LogP contribution in [0.5, 0.6) is 0 Å². The second-order valence-electron chi connectivity index (χ2n) is 1.76. The molecule has 0 bridgehead atoms. The van der Waals surface area contributed by atoms with Crippen molar-refractivity contribution in [3.63, 3.8) is 0 Å². The third-order valence-electron chi connectivity index (χ3n) is 0.868. The molecular formula is C5H9Cl3N2S. The van der Waals surface area contributed by atoms with Crippen molar-refractivity contribution in [1.82, 2.24) is 0 Å². The monoisotopic (exact) mass is 234 g/mol. The van der Waals surface area contributed by atoms with Gasteiger partial charge in [0.25, 0.3) is 0 Å². The molecule has 2 N–H and O–H groups in total. The highest BCUT2D eigenvalue weighted by Gasteiger charge is 2.24. The van der Waals surface area contributed by atoms with Crippen LogP contribution in [0.25, 0.3) is 0 Å². The molecule has 6 heteroatoms. The molecular weight excluding hydrogens is 226 g/mol. The van der Waals surface area contributed by atoms with Gasteiger partial charge in [0.2, 0.25) is 3.79 Å². The lowest BCUT2D eigenvalue weighted by atomic mass is 10.6. The molecule has 0 aliphatic rings. The molecule has 2 nitrogen and oxygen atoms in total. The van der Waals surface area contributed by atoms with Gasteiger partial charge in [-0.1, -0.05) is 34.8 Å². The molecule has 0 aliphatic carbocycles. The average molecular weight is 236 g/mol. The average Bonchev–Trinajstić information content (AvgIpc) is 1.86. The van der Waals surface area contributed by atoms with Gasteiger partial charge in [0.05, 0.1) is 6.54 Å². The van der Waals surface area contributed by atoms with Gasteiger partial charge in [-0.05, 0) is 6.26 Å². The van der Waals surface area contributed by atoms with Crippen LogP contribution in [0.2, 0.25) is 0 Å². The lowest BCUT2D eigenvalue weighted by Crippen LogP contribution is -2.28. The summed E-state index contributed by atoms with van der Waals surface area (Å²) in [5.41, 5.74) is 5.34.